The second kappa shape index (κ2) is 14.7. The number of guanidine groups is 1. The van der Waals surface area contributed by atoms with Gasteiger partial charge in [-0.2, -0.15) is 0 Å². The van der Waals surface area contributed by atoms with E-state index in [1.165, 1.54) is 25.7 Å². The Labute approximate surface area is 182 Å². The van der Waals surface area contributed by atoms with Crippen LogP contribution in [-0.4, -0.2) is 44.0 Å². The van der Waals surface area contributed by atoms with Crippen LogP contribution in [0.4, 0.5) is 0 Å². The number of nitrogens with zero attached hydrogens (tertiary/aromatic N) is 2. The van der Waals surface area contributed by atoms with Crippen LogP contribution in [0, 0.1) is 5.92 Å². The minimum Gasteiger partial charge on any atom is -0.357 e. The number of unbranched alkanes of at least 4 members (excludes halogenated alkanes) is 1. The summed E-state index contributed by atoms with van der Waals surface area (Å²) in [5, 5.41) is 6.78. The molecule has 0 saturated heterocycles. The molecule has 0 aliphatic rings. The number of aliphatic imine (C=N–C) groups is 1. The topological polar surface area (TPSA) is 56.7 Å². The molecule has 1 aromatic rings. The van der Waals surface area contributed by atoms with Gasteiger partial charge in [-0.25, -0.2) is 4.99 Å². The summed E-state index contributed by atoms with van der Waals surface area (Å²) in [6.07, 6.45) is 4.98. The zero-order chi connectivity index (χ0) is 19.4. The zero-order valence-corrected chi connectivity index (χ0v) is 19.9. The fourth-order valence-corrected chi connectivity index (χ4v) is 2.71. The van der Waals surface area contributed by atoms with Gasteiger partial charge in [-0.3, -0.25) is 4.79 Å². The average Bonchev–Trinajstić information content (AvgIpc) is 2.65. The highest BCUT2D eigenvalue weighted by Crippen LogP contribution is 2.11. The second-order valence-corrected chi connectivity index (χ2v) is 6.89. The van der Waals surface area contributed by atoms with Crippen LogP contribution in [-0.2, 0) is 6.54 Å². The van der Waals surface area contributed by atoms with Crippen molar-refractivity contribution in [2.24, 2.45) is 10.9 Å². The minimum absolute atomic E-state index is 0. The van der Waals surface area contributed by atoms with Gasteiger partial charge in [0.25, 0.3) is 5.91 Å². The highest BCUT2D eigenvalue weighted by molar-refractivity contribution is 14.0. The average molecular weight is 488 g/mol. The van der Waals surface area contributed by atoms with Gasteiger partial charge in [0, 0.05) is 32.7 Å². The molecule has 0 saturated carbocycles. The van der Waals surface area contributed by atoms with Crippen LogP contribution in [0.3, 0.4) is 0 Å². The van der Waals surface area contributed by atoms with E-state index in [4.69, 9.17) is 0 Å². The molecule has 6 heteroatoms. The number of nitrogens with one attached hydrogen (secondary N) is 2. The summed E-state index contributed by atoms with van der Waals surface area (Å²) in [7, 11) is 3.53. The molecule has 154 valence electrons. The van der Waals surface area contributed by atoms with Crippen LogP contribution >= 0.6 is 24.0 Å². The lowest BCUT2D eigenvalue weighted by Crippen LogP contribution is -2.39. The Bertz CT molecular complexity index is 558. The van der Waals surface area contributed by atoms with E-state index in [1.54, 1.807) is 19.0 Å². The lowest BCUT2D eigenvalue weighted by molar-refractivity contribution is 0.0827. The number of carbonyl (C=O) groups is 1. The highest BCUT2D eigenvalue weighted by Gasteiger charge is 2.08. The molecule has 0 spiro atoms. The van der Waals surface area contributed by atoms with Crippen LogP contribution in [0.15, 0.2) is 29.3 Å². The SMILES string of the molecule is CCCCC(CC)CNC(=NCc1ccc(C(=O)N(C)C)cc1)NCC.I. The molecule has 0 aliphatic heterocycles. The third kappa shape index (κ3) is 9.98. The van der Waals surface area contributed by atoms with Gasteiger partial charge in [-0.05, 0) is 37.0 Å². The molecule has 27 heavy (non-hydrogen) atoms. The van der Waals surface area contributed by atoms with Crippen LogP contribution in [0.2, 0.25) is 0 Å². The van der Waals surface area contributed by atoms with Crippen molar-refractivity contribution in [2.75, 3.05) is 27.2 Å². The maximum absolute atomic E-state index is 11.9. The summed E-state index contributed by atoms with van der Waals surface area (Å²) in [6.45, 7) is 8.96. The quantitative estimate of drug-likeness (QED) is 0.294. The van der Waals surface area contributed by atoms with Gasteiger partial charge in [-0.15, -0.1) is 24.0 Å². The first-order chi connectivity index (χ1) is 12.5. The van der Waals surface area contributed by atoms with E-state index < -0.39 is 0 Å². The van der Waals surface area contributed by atoms with Crippen molar-refractivity contribution in [1.29, 1.82) is 0 Å². The number of carbonyl (C=O) groups excluding carboxylic acids is 1. The third-order valence-corrected chi connectivity index (χ3v) is 4.47. The van der Waals surface area contributed by atoms with Gasteiger partial charge in [0.1, 0.15) is 0 Å². The molecule has 1 amide bonds. The van der Waals surface area contributed by atoms with Gasteiger partial charge in [-0.1, -0.05) is 45.2 Å². The van der Waals surface area contributed by atoms with Crippen molar-refractivity contribution in [3.05, 3.63) is 35.4 Å². The van der Waals surface area contributed by atoms with Crippen LogP contribution in [0.1, 0.15) is 62.4 Å². The van der Waals surface area contributed by atoms with Crippen LogP contribution in [0.25, 0.3) is 0 Å². The molecule has 2 N–H and O–H groups in total. The molecule has 1 atom stereocenters. The van der Waals surface area contributed by atoms with Gasteiger partial charge in [0.2, 0.25) is 0 Å². The Hall–Kier alpha value is -1.31. The van der Waals surface area contributed by atoms with Crippen molar-refractivity contribution >= 4 is 35.8 Å². The predicted octanol–water partition coefficient (Wildman–Crippen LogP) is 4.28. The molecule has 1 aromatic carbocycles. The summed E-state index contributed by atoms with van der Waals surface area (Å²) in [6, 6.07) is 7.68. The Morgan fingerprint density at radius 3 is 2.30 bits per heavy atom. The molecule has 1 rings (SSSR count). The van der Waals surface area contributed by atoms with E-state index in [0.29, 0.717) is 18.0 Å². The summed E-state index contributed by atoms with van der Waals surface area (Å²) >= 11 is 0. The fourth-order valence-electron chi connectivity index (χ4n) is 2.71. The molecule has 5 nitrogen and oxygen atoms in total. The normalized spacial score (nSPS) is 12.1. The Morgan fingerprint density at radius 2 is 1.78 bits per heavy atom. The minimum atomic E-state index is 0. The van der Waals surface area contributed by atoms with Gasteiger partial charge in [0.15, 0.2) is 5.96 Å². The van der Waals surface area contributed by atoms with E-state index in [0.717, 1.165) is 24.6 Å². The maximum Gasteiger partial charge on any atom is 0.253 e. The molecular weight excluding hydrogens is 451 g/mol. The van der Waals surface area contributed by atoms with E-state index >= 15 is 0 Å². The van der Waals surface area contributed by atoms with Crippen LogP contribution in [0.5, 0.6) is 0 Å². The van der Waals surface area contributed by atoms with Gasteiger partial charge in [0.05, 0.1) is 6.54 Å². The lowest BCUT2D eigenvalue weighted by Gasteiger charge is -2.18. The number of halogens is 1. The lowest BCUT2D eigenvalue weighted by atomic mass is 9.99. The van der Waals surface area contributed by atoms with E-state index in [-0.39, 0.29) is 29.9 Å². The van der Waals surface area contributed by atoms with Crippen molar-refractivity contribution in [3.8, 4) is 0 Å². The Kier molecular flexibility index (Phi) is 14.0. The molecule has 0 bridgehead atoms. The standard InChI is InChI=1S/C21H36N4O.HI/c1-6-9-10-17(7-2)15-23-21(22-8-3)24-16-18-11-13-19(14-12-18)20(26)25(4)5;/h11-14,17H,6-10,15-16H2,1-5H3,(H2,22,23,24);1H. The first kappa shape index (κ1) is 25.7. The Balaban J connectivity index is 0.00000676. The third-order valence-electron chi connectivity index (χ3n) is 4.47. The molecule has 0 aromatic heterocycles. The van der Waals surface area contributed by atoms with Gasteiger partial charge < -0.3 is 15.5 Å². The van der Waals surface area contributed by atoms with Crippen molar-refractivity contribution < 1.29 is 4.79 Å². The van der Waals surface area contributed by atoms with Gasteiger partial charge >= 0.3 is 0 Å². The Morgan fingerprint density at radius 1 is 1.11 bits per heavy atom. The molecule has 0 radical (unpaired) electrons. The number of rotatable bonds is 10. The van der Waals surface area contributed by atoms with Crippen molar-refractivity contribution in [3.63, 3.8) is 0 Å². The zero-order valence-electron chi connectivity index (χ0n) is 17.5. The summed E-state index contributed by atoms with van der Waals surface area (Å²) in [5.74, 6) is 1.57. The van der Waals surface area contributed by atoms with E-state index in [1.807, 2.05) is 24.3 Å². The first-order valence-corrected chi connectivity index (χ1v) is 9.84. The number of hydrogen-bond donors (Lipinski definition) is 2. The molecular formula is C21H37IN4O. The van der Waals surface area contributed by atoms with Crippen molar-refractivity contribution in [1.82, 2.24) is 15.5 Å². The monoisotopic (exact) mass is 488 g/mol. The molecule has 0 fully saturated rings. The summed E-state index contributed by atoms with van der Waals surface area (Å²) in [5.41, 5.74) is 1.80. The second-order valence-electron chi connectivity index (χ2n) is 6.89. The largest absolute Gasteiger partial charge is 0.357 e. The van der Waals surface area contributed by atoms with E-state index in [9.17, 15) is 4.79 Å². The number of hydrogen-bond acceptors (Lipinski definition) is 2. The molecule has 0 aliphatic carbocycles. The number of benzene rings is 1. The number of amides is 1. The summed E-state index contributed by atoms with van der Waals surface area (Å²) in [4.78, 5) is 18.2. The van der Waals surface area contributed by atoms with E-state index in [2.05, 4.69) is 36.4 Å². The predicted molar refractivity (Wildman–Crippen MR) is 126 cm³/mol. The highest BCUT2D eigenvalue weighted by atomic mass is 127. The smallest absolute Gasteiger partial charge is 0.253 e. The van der Waals surface area contributed by atoms with Crippen LogP contribution < -0.4 is 10.6 Å². The molecule has 1 unspecified atom stereocenters. The first-order valence-electron chi connectivity index (χ1n) is 9.84. The summed E-state index contributed by atoms with van der Waals surface area (Å²) < 4.78 is 0. The fraction of sp³-hybridized carbons (Fsp3) is 0.619. The van der Waals surface area contributed by atoms with Crippen molar-refractivity contribution in [2.45, 2.75) is 53.0 Å². The maximum atomic E-state index is 11.9. The molecule has 0 heterocycles.